The van der Waals surface area contributed by atoms with Gasteiger partial charge in [-0.2, -0.15) is 22.7 Å². The number of anilines is 2. The van der Waals surface area contributed by atoms with Crippen LogP contribution in [0, 0.1) is 0 Å². The number of hydrogen-bond donors (Lipinski definition) is 3. The zero-order valence-electron chi connectivity index (χ0n) is 16.3. The van der Waals surface area contributed by atoms with Gasteiger partial charge < -0.3 is 20.5 Å². The maximum Gasteiger partial charge on any atom is 0.433 e. The van der Waals surface area contributed by atoms with Gasteiger partial charge in [-0.3, -0.25) is 9.78 Å². The largest absolute Gasteiger partial charge is 0.493 e. The van der Waals surface area contributed by atoms with Gasteiger partial charge in [0.25, 0.3) is 11.7 Å². The molecule has 4 rings (SSSR count). The van der Waals surface area contributed by atoms with E-state index in [1.54, 1.807) is 30.3 Å². The van der Waals surface area contributed by atoms with Gasteiger partial charge in [-0.15, -0.1) is 5.10 Å². The normalized spacial score (nSPS) is 11.4. The molecule has 0 bridgehead atoms. The molecular formula is C19H14F3N7O3. The zero-order chi connectivity index (χ0) is 22.9. The van der Waals surface area contributed by atoms with Crippen molar-refractivity contribution in [1.82, 2.24) is 29.9 Å². The number of nitrogens with one attached hydrogen (secondary N) is 2. The number of fused-ring (bicyclic) bond motifs is 1. The molecule has 1 amide bonds. The fourth-order valence-electron chi connectivity index (χ4n) is 2.68. The Balaban J connectivity index is 1.56. The van der Waals surface area contributed by atoms with Crippen LogP contribution >= 0.6 is 0 Å². The molecule has 164 valence electrons. The Kier molecular flexibility index (Phi) is 5.22. The van der Waals surface area contributed by atoms with Gasteiger partial charge in [-0.25, -0.2) is 4.98 Å². The molecule has 0 unspecified atom stereocenters. The Bertz CT molecular complexity index is 1310. The minimum atomic E-state index is -4.74. The summed E-state index contributed by atoms with van der Waals surface area (Å²) in [6, 6.07) is 10.0. The SMILES string of the molecule is CNC(=O)c1cc(Oc2cccc(Nc3nc4nc(C(F)(F)F)cc(O)n4n3)c2)ccn1. The molecule has 1 aromatic carbocycles. The second-order valence-corrected chi connectivity index (χ2v) is 6.36. The van der Waals surface area contributed by atoms with Gasteiger partial charge in [0.2, 0.25) is 11.8 Å². The van der Waals surface area contributed by atoms with Gasteiger partial charge in [-0.05, 0) is 18.2 Å². The third-order valence-electron chi connectivity index (χ3n) is 4.10. The zero-order valence-corrected chi connectivity index (χ0v) is 16.3. The summed E-state index contributed by atoms with van der Waals surface area (Å²) in [6.45, 7) is 0. The molecule has 13 heteroatoms. The Labute approximate surface area is 177 Å². The summed E-state index contributed by atoms with van der Waals surface area (Å²) in [5.41, 5.74) is -0.654. The second kappa shape index (κ2) is 8.02. The predicted octanol–water partition coefficient (Wildman–Crippen LogP) is 3.14. The van der Waals surface area contributed by atoms with Gasteiger partial charge in [0.05, 0.1) is 0 Å². The summed E-state index contributed by atoms with van der Waals surface area (Å²) in [4.78, 5) is 22.9. The first-order valence-electron chi connectivity index (χ1n) is 9.00. The van der Waals surface area contributed by atoms with Gasteiger partial charge in [-0.1, -0.05) is 6.07 Å². The first-order valence-corrected chi connectivity index (χ1v) is 9.00. The molecule has 0 aliphatic rings. The Morgan fingerprint density at radius 3 is 2.66 bits per heavy atom. The molecule has 32 heavy (non-hydrogen) atoms. The fraction of sp³-hybridized carbons (Fsp3) is 0.105. The van der Waals surface area contributed by atoms with E-state index in [1.165, 1.54) is 19.3 Å². The lowest BCUT2D eigenvalue weighted by atomic mass is 10.3. The van der Waals surface area contributed by atoms with Crippen LogP contribution in [0.1, 0.15) is 16.2 Å². The van der Waals surface area contributed by atoms with Crippen molar-refractivity contribution in [1.29, 1.82) is 0 Å². The van der Waals surface area contributed by atoms with Gasteiger partial charge in [0, 0.05) is 37.1 Å². The van der Waals surface area contributed by atoms with Crippen LogP contribution < -0.4 is 15.4 Å². The van der Waals surface area contributed by atoms with Crippen molar-refractivity contribution in [2.24, 2.45) is 0 Å². The third-order valence-corrected chi connectivity index (χ3v) is 4.10. The number of carbonyl (C=O) groups is 1. The maximum atomic E-state index is 12.9. The summed E-state index contributed by atoms with van der Waals surface area (Å²) in [5.74, 6) is -0.872. The molecule has 3 heterocycles. The highest BCUT2D eigenvalue weighted by Crippen LogP contribution is 2.30. The van der Waals surface area contributed by atoms with E-state index in [1.807, 2.05) is 0 Å². The Morgan fingerprint density at radius 2 is 1.91 bits per heavy atom. The minimum Gasteiger partial charge on any atom is -0.493 e. The van der Waals surface area contributed by atoms with Crippen LogP contribution in [-0.4, -0.2) is 42.6 Å². The molecule has 3 N–H and O–H groups in total. The molecule has 3 aromatic heterocycles. The molecule has 0 fully saturated rings. The van der Waals surface area contributed by atoms with E-state index in [0.29, 0.717) is 23.3 Å². The number of nitrogens with zero attached hydrogens (tertiary/aromatic N) is 5. The quantitative estimate of drug-likeness (QED) is 0.428. The average molecular weight is 445 g/mol. The van der Waals surface area contributed by atoms with Crippen molar-refractivity contribution in [2.45, 2.75) is 6.18 Å². The summed E-state index contributed by atoms with van der Waals surface area (Å²) in [7, 11) is 1.49. The molecule has 0 saturated carbocycles. The van der Waals surface area contributed by atoms with Crippen LogP contribution in [0.5, 0.6) is 17.4 Å². The van der Waals surface area contributed by atoms with Crippen LogP contribution in [0.4, 0.5) is 24.8 Å². The lowest BCUT2D eigenvalue weighted by molar-refractivity contribution is -0.141. The van der Waals surface area contributed by atoms with E-state index in [0.717, 1.165) is 4.52 Å². The van der Waals surface area contributed by atoms with Crippen LogP contribution in [0.2, 0.25) is 0 Å². The van der Waals surface area contributed by atoms with E-state index in [4.69, 9.17) is 4.74 Å². The number of benzene rings is 1. The van der Waals surface area contributed by atoms with E-state index < -0.39 is 23.5 Å². The molecule has 0 aliphatic heterocycles. The van der Waals surface area contributed by atoms with Gasteiger partial charge in [0.1, 0.15) is 17.2 Å². The second-order valence-electron chi connectivity index (χ2n) is 6.36. The molecule has 0 aliphatic carbocycles. The molecule has 0 spiro atoms. The number of halogens is 3. The van der Waals surface area contributed by atoms with Crippen LogP contribution in [0.25, 0.3) is 5.78 Å². The monoisotopic (exact) mass is 445 g/mol. The van der Waals surface area contributed by atoms with Gasteiger partial charge >= 0.3 is 6.18 Å². The van der Waals surface area contributed by atoms with Crippen molar-refractivity contribution in [3.63, 3.8) is 0 Å². The number of rotatable bonds is 5. The third kappa shape index (κ3) is 4.35. The molecule has 0 radical (unpaired) electrons. The van der Waals surface area contributed by atoms with Crippen molar-refractivity contribution < 1.29 is 27.8 Å². The number of aromatic nitrogens is 5. The highest BCUT2D eigenvalue weighted by atomic mass is 19.4. The smallest absolute Gasteiger partial charge is 0.433 e. The van der Waals surface area contributed by atoms with Crippen LogP contribution in [0.15, 0.2) is 48.7 Å². The van der Waals surface area contributed by atoms with Crippen molar-refractivity contribution in [3.8, 4) is 17.4 Å². The highest BCUT2D eigenvalue weighted by Gasteiger charge is 2.34. The number of pyridine rings is 1. The Morgan fingerprint density at radius 1 is 1.12 bits per heavy atom. The van der Waals surface area contributed by atoms with E-state index in [9.17, 15) is 23.1 Å². The minimum absolute atomic E-state index is 0.0879. The van der Waals surface area contributed by atoms with E-state index in [2.05, 4.69) is 30.7 Å². The fourth-order valence-corrected chi connectivity index (χ4v) is 2.68. The highest BCUT2D eigenvalue weighted by molar-refractivity contribution is 5.92. The molecule has 0 atom stereocenters. The van der Waals surface area contributed by atoms with Crippen LogP contribution in [-0.2, 0) is 6.18 Å². The molecule has 4 aromatic rings. The maximum absolute atomic E-state index is 12.9. The standard InChI is InChI=1S/C19H14F3N7O3/c1-23-16(31)13-8-12(5-6-24-13)32-11-4-2-3-10(7-11)25-17-27-18-26-14(19(20,21)22)9-15(30)29(18)28-17/h2-9,30H,1H3,(H,23,31)(H,25,28). The number of ether oxygens (including phenoxy) is 1. The topological polar surface area (TPSA) is 127 Å². The number of alkyl halides is 3. The summed E-state index contributed by atoms with van der Waals surface area (Å²) >= 11 is 0. The summed E-state index contributed by atoms with van der Waals surface area (Å²) in [5, 5.41) is 19.0. The molecule has 10 nitrogen and oxygen atoms in total. The first-order chi connectivity index (χ1) is 15.2. The summed E-state index contributed by atoms with van der Waals surface area (Å²) in [6.07, 6.45) is -3.31. The van der Waals surface area contributed by atoms with Crippen molar-refractivity contribution in [2.75, 3.05) is 12.4 Å². The van der Waals surface area contributed by atoms with E-state index in [-0.39, 0.29) is 17.5 Å². The molecular weight excluding hydrogens is 431 g/mol. The predicted molar refractivity (Wildman–Crippen MR) is 105 cm³/mol. The van der Waals surface area contributed by atoms with Crippen molar-refractivity contribution in [3.05, 3.63) is 60.0 Å². The lowest BCUT2D eigenvalue weighted by Gasteiger charge is -2.08. The van der Waals surface area contributed by atoms with Crippen molar-refractivity contribution >= 4 is 23.3 Å². The Hall–Kier alpha value is -4.42. The van der Waals surface area contributed by atoms with E-state index >= 15 is 0 Å². The lowest BCUT2D eigenvalue weighted by Crippen LogP contribution is -2.18. The number of carbonyl (C=O) groups excluding carboxylic acids is 1. The van der Waals surface area contributed by atoms with Gasteiger partial charge in [0.15, 0.2) is 5.69 Å². The number of amides is 1. The van der Waals surface area contributed by atoms with Crippen LogP contribution in [0.3, 0.4) is 0 Å². The summed E-state index contributed by atoms with van der Waals surface area (Å²) < 4.78 is 45.1. The first kappa shape index (κ1) is 20.8. The number of aromatic hydroxyl groups is 1. The number of hydrogen-bond acceptors (Lipinski definition) is 8. The molecule has 0 saturated heterocycles. The average Bonchev–Trinajstić information content (AvgIpc) is 3.16.